The Balaban J connectivity index is 4.26. The molecule has 70 heavy (non-hydrogen) atoms. The number of esters is 3. The number of ether oxygens (including phenoxy) is 3. The molecule has 0 aromatic carbocycles. The lowest BCUT2D eigenvalue weighted by Gasteiger charge is -2.18. The van der Waals surface area contributed by atoms with Crippen LogP contribution in [0.3, 0.4) is 0 Å². The summed E-state index contributed by atoms with van der Waals surface area (Å²) < 4.78 is 17.0. The maximum absolute atomic E-state index is 12.9. The molecule has 6 nitrogen and oxygen atoms in total. The van der Waals surface area contributed by atoms with Gasteiger partial charge in [-0.15, -0.1) is 0 Å². The molecule has 0 radical (unpaired) electrons. The zero-order valence-electron chi connectivity index (χ0n) is 48.2. The molecule has 0 aliphatic heterocycles. The molecule has 0 bridgehead atoms. The third-order valence-electron chi connectivity index (χ3n) is 14.7. The van der Waals surface area contributed by atoms with Gasteiger partial charge in [0.25, 0.3) is 0 Å². The summed E-state index contributed by atoms with van der Waals surface area (Å²) in [7, 11) is 0. The first-order valence-corrected chi connectivity index (χ1v) is 31.7. The summed E-state index contributed by atoms with van der Waals surface area (Å²) in [5.74, 6) is 0.867. The van der Waals surface area contributed by atoms with E-state index in [2.05, 4.69) is 34.6 Å². The van der Waals surface area contributed by atoms with E-state index in [0.29, 0.717) is 19.3 Å². The third kappa shape index (κ3) is 57.3. The van der Waals surface area contributed by atoms with Crippen molar-refractivity contribution in [3.05, 3.63) is 0 Å². The Hall–Kier alpha value is -1.59. The minimum Gasteiger partial charge on any atom is -0.462 e. The molecule has 0 aliphatic carbocycles. The number of hydrogen-bond acceptors (Lipinski definition) is 6. The molecule has 0 aromatic rings. The molecule has 416 valence electrons. The fraction of sp³-hybridized carbons (Fsp3) is 0.953. The average molecular weight is 990 g/mol. The monoisotopic (exact) mass is 989 g/mol. The first kappa shape index (κ1) is 68.4. The number of carbonyl (C=O) groups excluding carboxylic acids is 3. The van der Waals surface area contributed by atoms with Crippen molar-refractivity contribution in [2.75, 3.05) is 13.2 Å². The highest BCUT2D eigenvalue weighted by Gasteiger charge is 2.19. The summed E-state index contributed by atoms with van der Waals surface area (Å²) in [6.45, 7) is 11.5. The van der Waals surface area contributed by atoms with Crippen molar-refractivity contribution in [3.63, 3.8) is 0 Å². The standard InChI is InChI=1S/C64H124O6/c1-6-7-8-9-10-11-12-13-18-25-31-36-41-46-51-56-64(67)70-61(58-69-63(66)55-50-45-40-35-30-26-21-23-28-33-38-43-48-53-60(4)5)57-68-62(65)54-49-44-39-34-29-24-20-17-15-14-16-19-22-27-32-37-42-47-52-59(2)3/h59-61H,6-58H2,1-5H3/t61-/m0/s1. The Morgan fingerprint density at radius 2 is 0.471 bits per heavy atom. The van der Waals surface area contributed by atoms with Gasteiger partial charge >= 0.3 is 17.9 Å². The fourth-order valence-corrected chi connectivity index (χ4v) is 9.93. The fourth-order valence-electron chi connectivity index (χ4n) is 9.93. The van der Waals surface area contributed by atoms with Gasteiger partial charge in [-0.3, -0.25) is 14.4 Å². The first-order chi connectivity index (χ1) is 34.2. The Labute approximate surface area is 438 Å². The summed E-state index contributed by atoms with van der Waals surface area (Å²) in [5.41, 5.74) is 0. The van der Waals surface area contributed by atoms with E-state index in [0.717, 1.165) is 69.6 Å². The van der Waals surface area contributed by atoms with Crippen molar-refractivity contribution in [2.45, 2.75) is 368 Å². The van der Waals surface area contributed by atoms with E-state index in [1.165, 1.54) is 250 Å². The molecule has 0 unspecified atom stereocenters. The van der Waals surface area contributed by atoms with Crippen LogP contribution in [-0.4, -0.2) is 37.2 Å². The quantitative estimate of drug-likeness (QED) is 0.0343. The molecule has 6 heteroatoms. The van der Waals surface area contributed by atoms with Crippen molar-refractivity contribution >= 4 is 17.9 Å². The molecule has 0 saturated heterocycles. The maximum atomic E-state index is 12.9. The van der Waals surface area contributed by atoms with Gasteiger partial charge in [-0.2, -0.15) is 0 Å². The van der Waals surface area contributed by atoms with Crippen LogP contribution in [0.5, 0.6) is 0 Å². The second-order valence-electron chi connectivity index (χ2n) is 23.0. The lowest BCUT2D eigenvalue weighted by Crippen LogP contribution is -2.30. The number of hydrogen-bond donors (Lipinski definition) is 0. The van der Waals surface area contributed by atoms with Crippen molar-refractivity contribution in [1.29, 1.82) is 0 Å². The van der Waals surface area contributed by atoms with Crippen LogP contribution in [0.4, 0.5) is 0 Å². The number of unbranched alkanes of at least 4 members (excludes halogenated alkanes) is 43. The van der Waals surface area contributed by atoms with Crippen molar-refractivity contribution in [3.8, 4) is 0 Å². The van der Waals surface area contributed by atoms with Crippen LogP contribution >= 0.6 is 0 Å². The molecule has 0 N–H and O–H groups in total. The number of rotatable bonds is 58. The minimum atomic E-state index is -0.763. The highest BCUT2D eigenvalue weighted by atomic mass is 16.6. The first-order valence-electron chi connectivity index (χ1n) is 31.7. The van der Waals surface area contributed by atoms with Gasteiger partial charge < -0.3 is 14.2 Å². The van der Waals surface area contributed by atoms with Gasteiger partial charge in [0, 0.05) is 19.3 Å². The number of carbonyl (C=O) groups is 3. The van der Waals surface area contributed by atoms with Crippen LogP contribution < -0.4 is 0 Å². The van der Waals surface area contributed by atoms with Gasteiger partial charge in [0.05, 0.1) is 0 Å². The SMILES string of the molecule is CCCCCCCCCCCCCCCCCC(=O)O[C@@H](COC(=O)CCCCCCCCCCCCCCCCCCCCC(C)C)COC(=O)CCCCCCCCCCCCCCCC(C)C. The second-order valence-corrected chi connectivity index (χ2v) is 23.0. The average Bonchev–Trinajstić information content (AvgIpc) is 3.33. The predicted molar refractivity (Wildman–Crippen MR) is 303 cm³/mol. The summed E-state index contributed by atoms with van der Waals surface area (Å²) >= 11 is 0. The normalized spacial score (nSPS) is 12.0. The molecular weight excluding hydrogens is 865 g/mol. The lowest BCUT2D eigenvalue weighted by molar-refractivity contribution is -0.167. The summed E-state index contributed by atoms with van der Waals surface area (Å²) in [6, 6.07) is 0. The zero-order valence-corrected chi connectivity index (χ0v) is 48.2. The van der Waals surface area contributed by atoms with Crippen LogP contribution in [0.2, 0.25) is 0 Å². The summed E-state index contributed by atoms with van der Waals surface area (Å²) in [5, 5.41) is 0. The molecule has 0 amide bonds. The Kier molecular flexibility index (Phi) is 55.4. The van der Waals surface area contributed by atoms with Crippen molar-refractivity contribution in [1.82, 2.24) is 0 Å². The molecule has 0 spiro atoms. The molecule has 0 aromatic heterocycles. The molecular formula is C64H124O6. The van der Waals surface area contributed by atoms with E-state index in [1.807, 2.05) is 0 Å². The second kappa shape index (κ2) is 56.7. The van der Waals surface area contributed by atoms with Gasteiger partial charge in [0.1, 0.15) is 13.2 Å². The van der Waals surface area contributed by atoms with Crippen LogP contribution in [0, 0.1) is 11.8 Å². The van der Waals surface area contributed by atoms with Gasteiger partial charge in [0.2, 0.25) is 0 Å². The highest BCUT2D eigenvalue weighted by molar-refractivity contribution is 5.71. The molecule has 0 aliphatic rings. The van der Waals surface area contributed by atoms with E-state index in [-0.39, 0.29) is 31.1 Å². The lowest BCUT2D eigenvalue weighted by atomic mass is 10.0. The van der Waals surface area contributed by atoms with Crippen LogP contribution in [0.25, 0.3) is 0 Å². The zero-order chi connectivity index (χ0) is 51.1. The van der Waals surface area contributed by atoms with Crippen LogP contribution in [-0.2, 0) is 28.6 Å². The Bertz CT molecular complexity index is 1070. The molecule has 0 rings (SSSR count). The van der Waals surface area contributed by atoms with E-state index in [1.54, 1.807) is 0 Å². The van der Waals surface area contributed by atoms with E-state index < -0.39 is 6.10 Å². The van der Waals surface area contributed by atoms with E-state index in [9.17, 15) is 14.4 Å². The van der Waals surface area contributed by atoms with Gasteiger partial charge in [-0.25, -0.2) is 0 Å². The Morgan fingerprint density at radius 1 is 0.271 bits per heavy atom. The van der Waals surface area contributed by atoms with Gasteiger partial charge in [-0.05, 0) is 31.1 Å². The van der Waals surface area contributed by atoms with E-state index >= 15 is 0 Å². The van der Waals surface area contributed by atoms with Crippen molar-refractivity contribution < 1.29 is 28.6 Å². The smallest absolute Gasteiger partial charge is 0.306 e. The molecule has 1 atom stereocenters. The summed E-state index contributed by atoms with van der Waals surface area (Å²) in [6.07, 6.45) is 62.4. The summed E-state index contributed by atoms with van der Waals surface area (Å²) in [4.78, 5) is 38.3. The van der Waals surface area contributed by atoms with Crippen LogP contribution in [0.1, 0.15) is 362 Å². The molecule has 0 heterocycles. The Morgan fingerprint density at radius 3 is 0.700 bits per heavy atom. The highest BCUT2D eigenvalue weighted by Crippen LogP contribution is 2.19. The maximum Gasteiger partial charge on any atom is 0.306 e. The molecule has 0 fully saturated rings. The third-order valence-corrected chi connectivity index (χ3v) is 14.7. The minimum absolute atomic E-state index is 0.0618. The topological polar surface area (TPSA) is 78.9 Å². The van der Waals surface area contributed by atoms with Gasteiger partial charge in [0.15, 0.2) is 6.10 Å². The van der Waals surface area contributed by atoms with Gasteiger partial charge in [-0.1, -0.05) is 324 Å². The van der Waals surface area contributed by atoms with E-state index in [4.69, 9.17) is 14.2 Å². The van der Waals surface area contributed by atoms with Crippen molar-refractivity contribution in [2.24, 2.45) is 11.8 Å². The predicted octanol–water partition coefficient (Wildman–Crippen LogP) is 21.2. The largest absolute Gasteiger partial charge is 0.462 e. The van der Waals surface area contributed by atoms with Crippen LogP contribution in [0.15, 0.2) is 0 Å². The molecule has 0 saturated carbocycles.